The number of amides is 2. The molecule has 1 saturated heterocycles. The molecule has 2 aliphatic rings. The largest absolute Gasteiger partial charge is 1.00 e. The van der Waals surface area contributed by atoms with Crippen LogP contribution in [0.1, 0.15) is 12.6 Å². The number of carbonyl (C=O) groups excluding carboxylic acids is 4. The Labute approximate surface area is 196 Å². The molecule has 13 heteroatoms. The molecule has 1 aromatic heterocycles. The fourth-order valence-electron chi connectivity index (χ4n) is 2.86. The Morgan fingerprint density at radius 2 is 2.14 bits per heavy atom. The molecule has 29 heavy (non-hydrogen) atoms. The van der Waals surface area contributed by atoms with E-state index in [0.29, 0.717) is 10.8 Å². The molecule has 0 aliphatic carbocycles. The van der Waals surface area contributed by atoms with Crippen molar-refractivity contribution in [3.05, 3.63) is 22.3 Å². The van der Waals surface area contributed by atoms with Gasteiger partial charge in [-0.1, -0.05) is 0 Å². The summed E-state index contributed by atoms with van der Waals surface area (Å²) in [4.78, 5) is 52.5. The minimum absolute atomic E-state index is 0. The van der Waals surface area contributed by atoms with Crippen LogP contribution in [0.25, 0.3) is 0 Å². The van der Waals surface area contributed by atoms with E-state index in [9.17, 15) is 24.3 Å². The molecule has 2 atom stereocenters. The Morgan fingerprint density at radius 3 is 2.72 bits per heavy atom. The van der Waals surface area contributed by atoms with Crippen LogP contribution in [-0.4, -0.2) is 64.5 Å². The van der Waals surface area contributed by atoms with Crippen molar-refractivity contribution >= 4 is 52.0 Å². The Kier molecular flexibility index (Phi) is 8.11. The normalized spacial score (nSPS) is 20.2. The Bertz CT molecular complexity index is 873. The van der Waals surface area contributed by atoms with Crippen molar-refractivity contribution in [3.63, 3.8) is 0 Å². The minimum atomic E-state index is -1.52. The van der Waals surface area contributed by atoms with E-state index < -0.39 is 29.3 Å². The van der Waals surface area contributed by atoms with Gasteiger partial charge in [0.15, 0.2) is 5.13 Å². The second-order valence-electron chi connectivity index (χ2n) is 6.05. The summed E-state index contributed by atoms with van der Waals surface area (Å²) in [5.74, 6) is -2.75. The fourth-order valence-corrected chi connectivity index (χ4v) is 4.86. The Hall–Kier alpha value is -1.60. The molecule has 1 aromatic rings. The first-order valence-electron chi connectivity index (χ1n) is 8.24. The van der Waals surface area contributed by atoms with E-state index >= 15 is 0 Å². The molecular weight excluding hydrogens is 431 g/mol. The fraction of sp³-hybridized carbons (Fsp3) is 0.438. The predicted octanol–water partition coefficient (Wildman–Crippen LogP) is -4.30. The molecule has 0 radical (unpaired) electrons. The molecule has 0 bridgehead atoms. The SMILES string of the molecule is CNc1nc(CC(=O)NC2C(=O)N3C(C(=O)[O-])=C(COC(C)=O)CSC23)cs1.[Na+]. The third-order valence-electron chi connectivity index (χ3n) is 4.11. The number of aliphatic carboxylic acids is 1. The summed E-state index contributed by atoms with van der Waals surface area (Å²) in [5.41, 5.74) is 0.570. The third kappa shape index (κ3) is 5.12. The first-order chi connectivity index (χ1) is 13.3. The van der Waals surface area contributed by atoms with Crippen LogP contribution in [0.4, 0.5) is 5.13 Å². The zero-order valence-electron chi connectivity index (χ0n) is 16.0. The number of aromatic nitrogens is 1. The maximum absolute atomic E-state index is 12.5. The average molecular weight is 448 g/mol. The van der Waals surface area contributed by atoms with Gasteiger partial charge in [0.05, 0.1) is 23.8 Å². The number of carboxylic acids is 1. The number of thiazole rings is 1. The van der Waals surface area contributed by atoms with Crippen molar-refractivity contribution in [1.82, 2.24) is 15.2 Å². The van der Waals surface area contributed by atoms with E-state index in [4.69, 9.17) is 4.74 Å². The zero-order valence-corrected chi connectivity index (χ0v) is 19.6. The van der Waals surface area contributed by atoms with Crippen LogP contribution < -0.4 is 45.3 Å². The first-order valence-corrected chi connectivity index (χ1v) is 10.2. The number of carbonyl (C=O) groups is 4. The van der Waals surface area contributed by atoms with Crippen molar-refractivity contribution < 1.29 is 58.6 Å². The molecule has 1 fully saturated rings. The summed E-state index contributed by atoms with van der Waals surface area (Å²) in [6.07, 6.45) is 0.0141. The van der Waals surface area contributed by atoms with Crippen LogP contribution in [0, 0.1) is 0 Å². The number of thioether (sulfide) groups is 1. The van der Waals surface area contributed by atoms with Gasteiger partial charge in [0, 0.05) is 30.7 Å². The van der Waals surface area contributed by atoms with E-state index in [0.717, 1.165) is 4.90 Å². The minimum Gasteiger partial charge on any atom is -0.543 e. The van der Waals surface area contributed by atoms with Crippen molar-refractivity contribution in [1.29, 1.82) is 0 Å². The zero-order chi connectivity index (χ0) is 20.4. The van der Waals surface area contributed by atoms with E-state index in [-0.39, 0.29) is 65.5 Å². The summed E-state index contributed by atoms with van der Waals surface area (Å²) >= 11 is 2.65. The van der Waals surface area contributed by atoms with Crippen LogP contribution in [0.3, 0.4) is 0 Å². The molecular formula is C16H17N4NaO6S2. The van der Waals surface area contributed by atoms with Crippen LogP contribution in [0.5, 0.6) is 0 Å². The number of hydrogen-bond donors (Lipinski definition) is 2. The van der Waals surface area contributed by atoms with Gasteiger partial charge in [0.2, 0.25) is 5.91 Å². The second-order valence-corrected chi connectivity index (χ2v) is 8.01. The van der Waals surface area contributed by atoms with Gasteiger partial charge in [-0.25, -0.2) is 4.98 Å². The van der Waals surface area contributed by atoms with E-state index in [1.165, 1.54) is 30.0 Å². The van der Waals surface area contributed by atoms with Gasteiger partial charge in [-0.15, -0.1) is 23.1 Å². The summed E-state index contributed by atoms with van der Waals surface area (Å²) in [7, 11) is 1.72. The number of esters is 1. The molecule has 2 amide bonds. The number of nitrogens with zero attached hydrogens (tertiary/aromatic N) is 2. The molecule has 0 spiro atoms. The van der Waals surface area contributed by atoms with Crippen molar-refractivity contribution in [2.45, 2.75) is 24.8 Å². The molecule has 0 aromatic carbocycles. The molecule has 3 heterocycles. The van der Waals surface area contributed by atoms with Gasteiger partial charge in [-0.3, -0.25) is 19.3 Å². The number of rotatable bonds is 7. The van der Waals surface area contributed by atoms with Crippen molar-refractivity contribution in [2.24, 2.45) is 0 Å². The monoisotopic (exact) mass is 448 g/mol. The number of nitrogens with one attached hydrogen (secondary N) is 2. The maximum Gasteiger partial charge on any atom is 1.00 e. The maximum atomic E-state index is 12.5. The van der Waals surface area contributed by atoms with Gasteiger partial charge in [-0.05, 0) is 0 Å². The number of β-lactam (4-membered cyclic amide) rings is 1. The van der Waals surface area contributed by atoms with Gasteiger partial charge < -0.3 is 25.3 Å². The predicted molar refractivity (Wildman–Crippen MR) is 99.1 cm³/mol. The van der Waals surface area contributed by atoms with Gasteiger partial charge in [-0.2, -0.15) is 0 Å². The van der Waals surface area contributed by atoms with Crippen LogP contribution in [0.2, 0.25) is 0 Å². The summed E-state index contributed by atoms with van der Waals surface area (Å²) in [6.45, 7) is 0.983. The van der Waals surface area contributed by atoms with Crippen molar-refractivity contribution in [3.8, 4) is 0 Å². The molecule has 2 N–H and O–H groups in total. The summed E-state index contributed by atoms with van der Waals surface area (Å²) in [5, 5.41) is 18.9. The molecule has 3 rings (SSSR count). The van der Waals surface area contributed by atoms with Gasteiger partial charge in [0.1, 0.15) is 18.0 Å². The number of carboxylic acid groups (broad SMARTS) is 1. The van der Waals surface area contributed by atoms with Crippen LogP contribution in [-0.2, 0) is 30.3 Å². The quantitative estimate of drug-likeness (QED) is 0.241. The van der Waals surface area contributed by atoms with Crippen molar-refractivity contribution in [2.75, 3.05) is 24.7 Å². The van der Waals surface area contributed by atoms with Gasteiger partial charge >= 0.3 is 35.5 Å². The van der Waals surface area contributed by atoms with E-state index in [1.54, 1.807) is 12.4 Å². The van der Waals surface area contributed by atoms with E-state index in [1.807, 2.05) is 0 Å². The molecule has 150 valence electrons. The topological polar surface area (TPSA) is 141 Å². The van der Waals surface area contributed by atoms with E-state index in [2.05, 4.69) is 15.6 Å². The molecule has 10 nitrogen and oxygen atoms in total. The van der Waals surface area contributed by atoms with Crippen LogP contribution >= 0.6 is 23.1 Å². The Morgan fingerprint density at radius 1 is 1.41 bits per heavy atom. The molecule has 2 unspecified atom stereocenters. The molecule has 0 saturated carbocycles. The summed E-state index contributed by atoms with van der Waals surface area (Å²) in [6, 6.07) is -0.829. The smallest absolute Gasteiger partial charge is 0.543 e. The third-order valence-corrected chi connectivity index (χ3v) is 6.36. The van der Waals surface area contributed by atoms with Gasteiger partial charge in [0.25, 0.3) is 5.91 Å². The Balaban J connectivity index is 0.00000300. The number of fused-ring (bicyclic) bond motifs is 1. The van der Waals surface area contributed by atoms with Crippen LogP contribution in [0.15, 0.2) is 16.7 Å². The average Bonchev–Trinajstić information content (AvgIpc) is 3.10. The number of ether oxygens (including phenoxy) is 1. The molecule has 2 aliphatic heterocycles. The summed E-state index contributed by atoms with van der Waals surface area (Å²) < 4.78 is 4.85. The number of anilines is 1. The first kappa shape index (κ1) is 23.7. The standard InChI is InChI=1S/C16H18N4O6S2.Na/c1-7(21)26-4-8-5-27-14-11(13(23)20(14)12(8)15(24)25)19-10(22)3-9-6-28-16(17-2)18-9;/h6,11,14H,3-5H2,1-2H3,(H,17,18)(H,19,22)(H,24,25);/q;+1/p-1. The second kappa shape index (κ2) is 9.94. The number of hydrogen-bond acceptors (Lipinski definition) is 10.